The molecule has 0 saturated heterocycles. The van der Waals surface area contributed by atoms with E-state index in [9.17, 15) is 4.79 Å². The van der Waals surface area contributed by atoms with Crippen molar-refractivity contribution in [3.8, 4) is 0 Å². The third kappa shape index (κ3) is 1.69. The Morgan fingerprint density at radius 1 is 1.11 bits per heavy atom. The number of aromatic nitrogens is 2. The Morgan fingerprint density at radius 3 is 2.56 bits per heavy atom. The molecule has 0 aliphatic carbocycles. The molecule has 0 fully saturated rings. The van der Waals surface area contributed by atoms with E-state index in [1.54, 1.807) is 6.07 Å². The number of nitrogens with zero attached hydrogens (tertiary/aromatic N) is 2. The van der Waals surface area contributed by atoms with Crippen LogP contribution in [0, 0.1) is 0 Å². The molecule has 1 amide bonds. The van der Waals surface area contributed by atoms with Crippen molar-refractivity contribution in [2.75, 3.05) is 10.6 Å². The van der Waals surface area contributed by atoms with Crippen molar-refractivity contribution < 1.29 is 4.79 Å². The molecule has 0 spiro atoms. The van der Waals surface area contributed by atoms with Crippen LogP contribution in [0.2, 0.25) is 0 Å². The fourth-order valence-corrected chi connectivity index (χ4v) is 1.89. The summed E-state index contributed by atoms with van der Waals surface area (Å²) in [6, 6.07) is 9.29. The van der Waals surface area contributed by atoms with Gasteiger partial charge >= 0.3 is 0 Å². The van der Waals surface area contributed by atoms with Crippen molar-refractivity contribution in [1.29, 1.82) is 0 Å². The largest absolute Gasteiger partial charge is 0.336 e. The van der Waals surface area contributed by atoms with Crippen LogP contribution in [0.15, 0.2) is 30.3 Å². The quantitative estimate of drug-likeness (QED) is 0.803. The zero-order valence-corrected chi connectivity index (χ0v) is 9.90. The molecule has 18 heavy (non-hydrogen) atoms. The van der Waals surface area contributed by atoms with Crippen LogP contribution in [0.4, 0.5) is 17.2 Å². The van der Waals surface area contributed by atoms with Crippen molar-refractivity contribution in [2.24, 2.45) is 0 Å². The third-order valence-electron chi connectivity index (χ3n) is 2.88. The number of fused-ring (bicyclic) bond motifs is 2. The van der Waals surface area contributed by atoms with E-state index in [1.807, 2.05) is 31.2 Å². The maximum absolute atomic E-state index is 12.1. The van der Waals surface area contributed by atoms with E-state index in [-0.39, 0.29) is 5.91 Å². The number of nitrogens with one attached hydrogen (secondary N) is 2. The minimum absolute atomic E-state index is 0.160. The first-order chi connectivity index (χ1) is 8.78. The molecule has 2 aromatic rings. The van der Waals surface area contributed by atoms with Gasteiger partial charge in [-0.05, 0) is 24.6 Å². The second-order valence-electron chi connectivity index (χ2n) is 4.08. The lowest BCUT2D eigenvalue weighted by atomic mass is 10.2. The van der Waals surface area contributed by atoms with Gasteiger partial charge in [-0.25, -0.2) is 0 Å². The number of rotatable bonds is 1. The van der Waals surface area contributed by atoms with Crippen LogP contribution >= 0.6 is 0 Å². The second-order valence-corrected chi connectivity index (χ2v) is 4.08. The molecule has 0 saturated carbocycles. The molecule has 1 aliphatic rings. The van der Waals surface area contributed by atoms with E-state index in [0.717, 1.165) is 23.5 Å². The first-order valence-electron chi connectivity index (χ1n) is 5.82. The van der Waals surface area contributed by atoms with Crippen molar-refractivity contribution in [1.82, 2.24) is 10.2 Å². The minimum atomic E-state index is -0.160. The van der Waals surface area contributed by atoms with Crippen molar-refractivity contribution in [3.05, 3.63) is 41.6 Å². The summed E-state index contributed by atoms with van der Waals surface area (Å²) in [6.45, 7) is 1.98. The number of hydrogen-bond donors (Lipinski definition) is 2. The van der Waals surface area contributed by atoms with Crippen LogP contribution in [0.3, 0.4) is 0 Å². The molecule has 1 aromatic heterocycles. The summed E-state index contributed by atoms with van der Waals surface area (Å²) in [6.07, 6.45) is 0.751. The average Bonchev–Trinajstić information content (AvgIpc) is 2.54. The highest BCUT2D eigenvalue weighted by Gasteiger charge is 2.20. The van der Waals surface area contributed by atoms with E-state index in [0.29, 0.717) is 11.4 Å². The Bertz CT molecular complexity index is 624. The van der Waals surface area contributed by atoms with Crippen LogP contribution in [0.1, 0.15) is 23.0 Å². The molecule has 5 heteroatoms. The Balaban J connectivity index is 2.13. The summed E-state index contributed by atoms with van der Waals surface area (Å²) in [5.74, 6) is 0.335. The molecule has 1 aliphatic heterocycles. The molecule has 0 radical (unpaired) electrons. The van der Waals surface area contributed by atoms with Gasteiger partial charge in [0.2, 0.25) is 0 Å². The van der Waals surface area contributed by atoms with E-state index >= 15 is 0 Å². The van der Waals surface area contributed by atoms with Crippen LogP contribution < -0.4 is 10.6 Å². The zero-order valence-electron chi connectivity index (χ0n) is 9.90. The van der Waals surface area contributed by atoms with Crippen LogP contribution in [0.25, 0.3) is 0 Å². The number of carbonyl (C=O) groups excluding carboxylic acids is 1. The molecule has 0 bridgehead atoms. The summed E-state index contributed by atoms with van der Waals surface area (Å²) in [4.78, 5) is 12.1. The van der Waals surface area contributed by atoms with Crippen LogP contribution in [-0.4, -0.2) is 16.1 Å². The Labute approximate surface area is 104 Å². The van der Waals surface area contributed by atoms with Gasteiger partial charge in [0.1, 0.15) is 0 Å². The number of hydrogen-bond acceptors (Lipinski definition) is 4. The monoisotopic (exact) mass is 240 g/mol. The topological polar surface area (TPSA) is 66.9 Å². The van der Waals surface area contributed by atoms with E-state index in [2.05, 4.69) is 20.8 Å². The molecule has 2 heterocycles. The van der Waals surface area contributed by atoms with E-state index < -0.39 is 0 Å². The molecular formula is C13H12N4O. The summed E-state index contributed by atoms with van der Waals surface area (Å²) in [5, 5.41) is 14.1. The highest BCUT2D eigenvalue weighted by Crippen LogP contribution is 2.30. The van der Waals surface area contributed by atoms with Crippen molar-refractivity contribution in [3.63, 3.8) is 0 Å². The molecular weight excluding hydrogens is 228 g/mol. The number of amides is 1. The molecule has 3 rings (SSSR count). The van der Waals surface area contributed by atoms with Crippen LogP contribution in [-0.2, 0) is 6.42 Å². The summed E-state index contributed by atoms with van der Waals surface area (Å²) >= 11 is 0. The first-order valence-corrected chi connectivity index (χ1v) is 5.82. The fraction of sp³-hybridized carbons (Fsp3) is 0.154. The maximum atomic E-state index is 12.1. The molecule has 1 aromatic carbocycles. The van der Waals surface area contributed by atoms with Gasteiger partial charge in [-0.2, -0.15) is 5.10 Å². The number of para-hydroxylation sites is 2. The molecule has 2 N–H and O–H groups in total. The third-order valence-corrected chi connectivity index (χ3v) is 2.88. The van der Waals surface area contributed by atoms with Crippen molar-refractivity contribution in [2.45, 2.75) is 13.3 Å². The molecule has 90 valence electrons. The second kappa shape index (κ2) is 4.10. The smallest absolute Gasteiger partial charge is 0.259 e. The number of carbonyl (C=O) groups is 1. The van der Waals surface area contributed by atoms with Gasteiger partial charge in [0.25, 0.3) is 5.91 Å². The summed E-state index contributed by atoms with van der Waals surface area (Å²) < 4.78 is 0. The van der Waals surface area contributed by atoms with Crippen molar-refractivity contribution >= 4 is 23.1 Å². The zero-order chi connectivity index (χ0) is 12.5. The van der Waals surface area contributed by atoms with E-state index in [1.165, 1.54) is 0 Å². The summed E-state index contributed by atoms with van der Waals surface area (Å²) in [7, 11) is 0. The minimum Gasteiger partial charge on any atom is -0.336 e. The maximum Gasteiger partial charge on any atom is 0.259 e. The van der Waals surface area contributed by atoms with Gasteiger partial charge in [0.15, 0.2) is 5.82 Å². The predicted molar refractivity (Wildman–Crippen MR) is 69.1 cm³/mol. The lowest BCUT2D eigenvalue weighted by Gasteiger charge is -2.06. The normalized spacial score (nSPS) is 12.8. The molecule has 0 atom stereocenters. The SMILES string of the molecule is CCc1cc2c(nn1)Nc1ccccc1NC2=O. The Kier molecular flexibility index (Phi) is 2.44. The Hall–Kier alpha value is -2.43. The molecule has 5 nitrogen and oxygen atoms in total. The number of aryl methyl sites for hydroxylation is 1. The van der Waals surface area contributed by atoms with Gasteiger partial charge in [0, 0.05) is 0 Å². The number of benzene rings is 1. The van der Waals surface area contributed by atoms with Gasteiger partial charge in [-0.3, -0.25) is 4.79 Å². The lowest BCUT2D eigenvalue weighted by Crippen LogP contribution is -2.12. The Morgan fingerprint density at radius 2 is 1.83 bits per heavy atom. The van der Waals surface area contributed by atoms with Crippen LogP contribution in [0.5, 0.6) is 0 Å². The molecule has 0 unspecified atom stereocenters. The van der Waals surface area contributed by atoms with Gasteiger partial charge in [-0.1, -0.05) is 19.1 Å². The predicted octanol–water partition coefficient (Wildman–Crippen LogP) is 2.35. The number of anilines is 3. The standard InChI is InChI=1S/C13H12N4O/c1-2-8-7-9-12(17-16-8)14-10-5-3-4-6-11(10)15-13(9)18/h3-7H,2H2,1H3,(H,14,17)(H,15,18). The summed E-state index contributed by atoms with van der Waals surface area (Å²) in [5.41, 5.74) is 2.90. The van der Waals surface area contributed by atoms with Gasteiger partial charge in [0.05, 0.1) is 22.6 Å². The van der Waals surface area contributed by atoms with E-state index in [4.69, 9.17) is 0 Å². The lowest BCUT2D eigenvalue weighted by molar-refractivity contribution is 0.102. The van der Waals surface area contributed by atoms with Gasteiger partial charge < -0.3 is 10.6 Å². The average molecular weight is 240 g/mol. The highest BCUT2D eigenvalue weighted by molar-refractivity contribution is 6.11. The van der Waals surface area contributed by atoms with Gasteiger partial charge in [-0.15, -0.1) is 5.10 Å². The fourth-order valence-electron chi connectivity index (χ4n) is 1.89. The first kappa shape index (κ1) is 10.7. The highest BCUT2D eigenvalue weighted by atomic mass is 16.1.